The summed E-state index contributed by atoms with van der Waals surface area (Å²) >= 11 is 0. The highest BCUT2D eigenvalue weighted by atomic mass is 16.5. The van der Waals surface area contributed by atoms with Crippen molar-refractivity contribution in [1.82, 2.24) is 9.78 Å². The van der Waals surface area contributed by atoms with E-state index in [1.807, 2.05) is 6.92 Å². The zero-order chi connectivity index (χ0) is 14.5. The molecule has 1 atom stereocenters. The van der Waals surface area contributed by atoms with E-state index in [1.165, 1.54) is 0 Å². The van der Waals surface area contributed by atoms with E-state index in [1.54, 1.807) is 36.2 Å². The van der Waals surface area contributed by atoms with Gasteiger partial charge in [-0.05, 0) is 25.5 Å². The van der Waals surface area contributed by atoms with Crippen LogP contribution in [0.2, 0.25) is 0 Å². The van der Waals surface area contributed by atoms with Crippen molar-refractivity contribution in [2.45, 2.75) is 32.9 Å². The molecule has 0 saturated heterocycles. The van der Waals surface area contributed by atoms with E-state index in [0.717, 1.165) is 6.42 Å². The first-order valence-electron chi connectivity index (χ1n) is 6.58. The van der Waals surface area contributed by atoms with Crippen LogP contribution >= 0.6 is 0 Å². The molecule has 2 aromatic rings. The number of carbonyl (C=O) groups is 1. The first-order chi connectivity index (χ1) is 9.65. The first kappa shape index (κ1) is 14.3. The second-order valence-corrected chi connectivity index (χ2v) is 4.57. The van der Waals surface area contributed by atoms with Gasteiger partial charge in [0, 0.05) is 13.2 Å². The van der Waals surface area contributed by atoms with Crippen molar-refractivity contribution in [3.8, 4) is 0 Å². The maximum Gasteiger partial charge on any atom is 0.292 e. The molecule has 1 N–H and O–H groups in total. The van der Waals surface area contributed by atoms with Crippen molar-refractivity contribution in [2.24, 2.45) is 0 Å². The highest BCUT2D eigenvalue weighted by Gasteiger charge is 2.15. The molecule has 0 radical (unpaired) electrons. The Hall–Kier alpha value is -2.08. The number of ether oxygens (including phenoxy) is 1. The molecular formula is C14H19N3O3. The van der Waals surface area contributed by atoms with Gasteiger partial charge in [0.1, 0.15) is 18.2 Å². The van der Waals surface area contributed by atoms with E-state index in [2.05, 4.69) is 17.3 Å². The van der Waals surface area contributed by atoms with Gasteiger partial charge in [0.25, 0.3) is 5.91 Å². The average molecular weight is 277 g/mol. The molecule has 20 heavy (non-hydrogen) atoms. The van der Waals surface area contributed by atoms with Crippen molar-refractivity contribution in [2.75, 3.05) is 12.4 Å². The van der Waals surface area contributed by atoms with Crippen molar-refractivity contribution < 1.29 is 13.9 Å². The fraction of sp³-hybridized carbons (Fsp3) is 0.429. The van der Waals surface area contributed by atoms with Gasteiger partial charge >= 0.3 is 0 Å². The molecule has 1 amide bonds. The van der Waals surface area contributed by atoms with Crippen LogP contribution < -0.4 is 5.32 Å². The Balaban J connectivity index is 2.09. The third-order valence-electron chi connectivity index (χ3n) is 3.09. The molecule has 0 bridgehead atoms. The minimum absolute atomic E-state index is 0.223. The number of nitrogens with zero attached hydrogens (tertiary/aromatic N) is 2. The maximum atomic E-state index is 12.1. The standard InChI is InChI=1S/C14H19N3O3/c1-4-10(2)17-13(7-8-15-17)16-14(18)12-6-5-11(20-12)9-19-3/h5-8,10H,4,9H2,1-3H3,(H,16,18). The zero-order valence-electron chi connectivity index (χ0n) is 11.9. The van der Waals surface area contributed by atoms with Gasteiger partial charge in [-0.3, -0.25) is 4.79 Å². The summed E-state index contributed by atoms with van der Waals surface area (Å²) in [5.74, 6) is 1.24. The molecule has 0 saturated carbocycles. The van der Waals surface area contributed by atoms with E-state index in [0.29, 0.717) is 18.2 Å². The summed E-state index contributed by atoms with van der Waals surface area (Å²) in [5, 5.41) is 7.02. The lowest BCUT2D eigenvalue weighted by Crippen LogP contribution is -2.17. The van der Waals surface area contributed by atoms with Gasteiger partial charge in [-0.25, -0.2) is 4.68 Å². The van der Waals surface area contributed by atoms with Gasteiger partial charge in [0.2, 0.25) is 0 Å². The van der Waals surface area contributed by atoms with Crippen molar-refractivity contribution in [1.29, 1.82) is 0 Å². The van der Waals surface area contributed by atoms with E-state index in [9.17, 15) is 4.79 Å². The third kappa shape index (κ3) is 3.08. The lowest BCUT2D eigenvalue weighted by atomic mass is 10.3. The normalized spacial score (nSPS) is 12.3. The second kappa shape index (κ2) is 6.38. The number of nitrogens with one attached hydrogen (secondary N) is 1. The van der Waals surface area contributed by atoms with E-state index >= 15 is 0 Å². The Bertz CT molecular complexity index is 574. The summed E-state index contributed by atoms with van der Waals surface area (Å²) in [5.41, 5.74) is 0. The minimum Gasteiger partial charge on any atom is -0.453 e. The molecule has 0 fully saturated rings. The monoisotopic (exact) mass is 277 g/mol. The highest BCUT2D eigenvalue weighted by molar-refractivity contribution is 6.01. The van der Waals surface area contributed by atoms with Gasteiger partial charge in [-0.15, -0.1) is 0 Å². The quantitative estimate of drug-likeness (QED) is 0.881. The predicted molar refractivity (Wildman–Crippen MR) is 74.6 cm³/mol. The highest BCUT2D eigenvalue weighted by Crippen LogP contribution is 2.18. The Morgan fingerprint density at radius 3 is 3.00 bits per heavy atom. The SMILES string of the molecule is CCC(C)n1nccc1NC(=O)c1ccc(COC)o1. The van der Waals surface area contributed by atoms with Gasteiger partial charge in [0.05, 0.1) is 12.2 Å². The molecule has 0 aliphatic carbocycles. The molecule has 0 aliphatic rings. The topological polar surface area (TPSA) is 69.3 Å². The molecule has 0 spiro atoms. The number of furan rings is 1. The molecule has 2 aromatic heterocycles. The van der Waals surface area contributed by atoms with Crippen LogP contribution in [0.1, 0.15) is 42.6 Å². The number of amides is 1. The van der Waals surface area contributed by atoms with Crippen LogP contribution in [-0.4, -0.2) is 22.8 Å². The van der Waals surface area contributed by atoms with Crippen LogP contribution in [-0.2, 0) is 11.3 Å². The Labute approximate surface area is 117 Å². The molecule has 0 aliphatic heterocycles. The summed E-state index contributed by atoms with van der Waals surface area (Å²) in [4.78, 5) is 12.1. The van der Waals surface area contributed by atoms with Crippen LogP contribution in [0.4, 0.5) is 5.82 Å². The lowest BCUT2D eigenvalue weighted by molar-refractivity contribution is 0.0986. The summed E-state index contributed by atoms with van der Waals surface area (Å²) in [6.07, 6.45) is 2.60. The number of carbonyl (C=O) groups excluding carboxylic acids is 1. The van der Waals surface area contributed by atoms with Crippen molar-refractivity contribution in [3.63, 3.8) is 0 Å². The predicted octanol–water partition coefficient (Wildman–Crippen LogP) is 2.85. The van der Waals surface area contributed by atoms with Crippen LogP contribution in [0.15, 0.2) is 28.8 Å². The number of aromatic nitrogens is 2. The molecule has 6 nitrogen and oxygen atoms in total. The molecule has 2 heterocycles. The number of methoxy groups -OCH3 is 1. The molecular weight excluding hydrogens is 258 g/mol. The van der Waals surface area contributed by atoms with E-state index in [4.69, 9.17) is 9.15 Å². The number of hydrogen-bond donors (Lipinski definition) is 1. The number of hydrogen-bond acceptors (Lipinski definition) is 4. The van der Waals surface area contributed by atoms with Gasteiger partial charge in [-0.2, -0.15) is 5.10 Å². The Kier molecular flexibility index (Phi) is 4.57. The summed E-state index contributed by atoms with van der Waals surface area (Å²) in [6.45, 7) is 4.46. The Morgan fingerprint density at radius 2 is 2.30 bits per heavy atom. The van der Waals surface area contributed by atoms with Crippen LogP contribution in [0.5, 0.6) is 0 Å². The Morgan fingerprint density at radius 1 is 1.50 bits per heavy atom. The van der Waals surface area contributed by atoms with Crippen LogP contribution in [0.3, 0.4) is 0 Å². The second-order valence-electron chi connectivity index (χ2n) is 4.57. The smallest absolute Gasteiger partial charge is 0.292 e. The van der Waals surface area contributed by atoms with Gasteiger partial charge in [-0.1, -0.05) is 6.92 Å². The lowest BCUT2D eigenvalue weighted by Gasteiger charge is -2.13. The summed E-state index contributed by atoms with van der Waals surface area (Å²) < 4.78 is 12.1. The number of rotatable bonds is 6. The molecule has 108 valence electrons. The first-order valence-corrected chi connectivity index (χ1v) is 6.58. The van der Waals surface area contributed by atoms with Gasteiger partial charge in [0.15, 0.2) is 5.76 Å². The maximum absolute atomic E-state index is 12.1. The largest absolute Gasteiger partial charge is 0.453 e. The van der Waals surface area contributed by atoms with E-state index in [-0.39, 0.29) is 17.7 Å². The fourth-order valence-electron chi connectivity index (χ4n) is 1.84. The number of anilines is 1. The van der Waals surface area contributed by atoms with Crippen LogP contribution in [0, 0.1) is 0 Å². The van der Waals surface area contributed by atoms with Crippen LogP contribution in [0.25, 0.3) is 0 Å². The summed E-state index contributed by atoms with van der Waals surface area (Å²) in [6, 6.07) is 5.35. The molecule has 6 heteroatoms. The fourth-order valence-corrected chi connectivity index (χ4v) is 1.84. The zero-order valence-corrected chi connectivity index (χ0v) is 11.9. The summed E-state index contributed by atoms with van der Waals surface area (Å²) in [7, 11) is 1.58. The molecule has 2 rings (SSSR count). The average Bonchev–Trinajstić information content (AvgIpc) is 3.07. The van der Waals surface area contributed by atoms with Gasteiger partial charge < -0.3 is 14.5 Å². The van der Waals surface area contributed by atoms with Crippen molar-refractivity contribution >= 4 is 11.7 Å². The molecule has 1 unspecified atom stereocenters. The minimum atomic E-state index is -0.294. The molecule has 0 aromatic carbocycles. The third-order valence-corrected chi connectivity index (χ3v) is 3.09. The van der Waals surface area contributed by atoms with E-state index < -0.39 is 0 Å². The van der Waals surface area contributed by atoms with Crippen molar-refractivity contribution in [3.05, 3.63) is 35.9 Å².